The van der Waals surface area contributed by atoms with E-state index in [9.17, 15) is 4.79 Å². The second-order valence-electron chi connectivity index (χ2n) is 3.56. The number of carbonyl (C=O) groups is 1. The number of nitrogens with one attached hydrogen (secondary N) is 1. The van der Waals surface area contributed by atoms with E-state index >= 15 is 0 Å². The van der Waals surface area contributed by atoms with E-state index in [1.165, 1.54) is 0 Å². The van der Waals surface area contributed by atoms with Gasteiger partial charge in [0.1, 0.15) is 11.0 Å². The number of fused-ring (bicyclic) bond motifs is 1. The fraction of sp³-hybridized carbons (Fsp3) is 0.300. The topological polar surface area (TPSA) is 80.9 Å². The molecule has 0 fully saturated rings. The van der Waals surface area contributed by atoms with Crippen molar-refractivity contribution in [3.8, 4) is 0 Å². The van der Waals surface area contributed by atoms with Crippen molar-refractivity contribution in [2.75, 3.05) is 5.32 Å². The minimum atomic E-state index is -0.548. The maximum absolute atomic E-state index is 11.7. The number of nitrogens with zero attached hydrogens (tertiary/aromatic N) is 2. The van der Waals surface area contributed by atoms with Crippen LogP contribution in [0, 0.1) is 0 Å². The number of carbonyl (C=O) groups excluding carboxylic acids is 1. The molecule has 0 spiro atoms. The molecule has 5 nitrogen and oxygen atoms in total. The molecule has 1 aromatic heterocycles. The molecule has 3 N–H and O–H groups in total. The first-order valence-corrected chi connectivity index (χ1v) is 6.21. The number of rotatable bonds is 3. The van der Waals surface area contributed by atoms with Crippen LogP contribution in [-0.2, 0) is 4.79 Å². The zero-order chi connectivity index (χ0) is 12.4. The zero-order valence-corrected chi connectivity index (χ0v) is 10.7. The van der Waals surface area contributed by atoms with E-state index in [1.54, 1.807) is 12.1 Å². The third-order valence-electron chi connectivity index (χ3n) is 2.40. The number of hydrogen-bond donors (Lipinski definition) is 2. The highest BCUT2D eigenvalue weighted by atomic mass is 35.5. The minimum Gasteiger partial charge on any atom is -0.322 e. The fourth-order valence-electron chi connectivity index (χ4n) is 1.35. The van der Waals surface area contributed by atoms with Crippen molar-refractivity contribution >= 4 is 46.0 Å². The van der Waals surface area contributed by atoms with Crippen LogP contribution in [0.4, 0.5) is 5.69 Å². The first-order valence-electron chi connectivity index (χ1n) is 5.10. The largest absolute Gasteiger partial charge is 0.322 e. The Bertz CT molecular complexity index is 556. The maximum atomic E-state index is 11.7. The van der Waals surface area contributed by atoms with Gasteiger partial charge in [0.15, 0.2) is 0 Å². The first-order chi connectivity index (χ1) is 8.13. The van der Waals surface area contributed by atoms with Gasteiger partial charge in [-0.3, -0.25) is 4.79 Å². The summed E-state index contributed by atoms with van der Waals surface area (Å²) in [6.07, 6.45) is 0.564. The van der Waals surface area contributed by atoms with Gasteiger partial charge in [0.25, 0.3) is 0 Å². The Morgan fingerprint density at radius 3 is 3.06 bits per heavy atom. The standard InChI is InChI=1S/C10H11ClN4OS/c1-2-6(12)10(16)13-8-5(11)3-4-7-9(8)15-17-14-7/h3-4,6H,2,12H2,1H3,(H,13,16)/t6-/m1/s1. The van der Waals surface area contributed by atoms with E-state index in [0.29, 0.717) is 28.2 Å². The quantitative estimate of drug-likeness (QED) is 0.894. The summed E-state index contributed by atoms with van der Waals surface area (Å²) < 4.78 is 8.19. The number of hydrogen-bond acceptors (Lipinski definition) is 5. The second-order valence-corrected chi connectivity index (χ2v) is 4.49. The number of aromatic nitrogens is 2. The van der Waals surface area contributed by atoms with Gasteiger partial charge in [-0.2, -0.15) is 8.75 Å². The maximum Gasteiger partial charge on any atom is 0.241 e. The van der Waals surface area contributed by atoms with E-state index in [2.05, 4.69) is 14.1 Å². The summed E-state index contributed by atoms with van der Waals surface area (Å²) in [4.78, 5) is 11.7. The highest BCUT2D eigenvalue weighted by molar-refractivity contribution is 7.00. The van der Waals surface area contributed by atoms with Gasteiger partial charge in [0.2, 0.25) is 5.91 Å². The third kappa shape index (κ3) is 2.38. The van der Waals surface area contributed by atoms with Crippen LogP contribution in [0.2, 0.25) is 5.02 Å². The van der Waals surface area contributed by atoms with Gasteiger partial charge in [0.05, 0.1) is 28.5 Å². The first kappa shape index (κ1) is 12.2. The second kappa shape index (κ2) is 4.95. The minimum absolute atomic E-state index is 0.269. The molecular weight excluding hydrogens is 260 g/mol. The lowest BCUT2D eigenvalue weighted by Crippen LogP contribution is -2.34. The van der Waals surface area contributed by atoms with Crippen molar-refractivity contribution in [3.05, 3.63) is 17.2 Å². The Kier molecular flexibility index (Phi) is 3.56. The van der Waals surface area contributed by atoms with Crippen LogP contribution >= 0.6 is 23.3 Å². The highest BCUT2D eigenvalue weighted by Gasteiger charge is 2.16. The molecule has 0 aliphatic carbocycles. The van der Waals surface area contributed by atoms with Crippen LogP contribution in [0.25, 0.3) is 11.0 Å². The van der Waals surface area contributed by atoms with Crippen molar-refractivity contribution in [2.45, 2.75) is 19.4 Å². The molecule has 90 valence electrons. The molecule has 17 heavy (non-hydrogen) atoms. The molecule has 0 saturated heterocycles. The Morgan fingerprint density at radius 2 is 2.35 bits per heavy atom. The normalized spacial score (nSPS) is 12.6. The molecule has 2 rings (SSSR count). The summed E-state index contributed by atoms with van der Waals surface area (Å²) in [6, 6.07) is 2.89. The molecule has 0 aliphatic rings. The van der Waals surface area contributed by atoms with E-state index in [1.807, 2.05) is 6.92 Å². The lowest BCUT2D eigenvalue weighted by molar-refractivity contribution is -0.117. The average Bonchev–Trinajstić information content (AvgIpc) is 2.80. The predicted molar refractivity (Wildman–Crippen MR) is 69.3 cm³/mol. The summed E-state index contributed by atoms with van der Waals surface area (Å²) in [5.41, 5.74) is 7.43. The van der Waals surface area contributed by atoms with Gasteiger partial charge >= 0.3 is 0 Å². The van der Waals surface area contributed by atoms with Gasteiger partial charge in [0, 0.05) is 0 Å². The van der Waals surface area contributed by atoms with Crippen LogP contribution in [0.5, 0.6) is 0 Å². The van der Waals surface area contributed by atoms with Gasteiger partial charge in [-0.1, -0.05) is 18.5 Å². The number of amides is 1. The van der Waals surface area contributed by atoms with Crippen LogP contribution in [0.1, 0.15) is 13.3 Å². The Balaban J connectivity index is 2.37. The van der Waals surface area contributed by atoms with E-state index in [4.69, 9.17) is 17.3 Å². The number of anilines is 1. The fourth-order valence-corrected chi connectivity index (χ4v) is 2.09. The lowest BCUT2D eigenvalue weighted by Gasteiger charge is -2.11. The smallest absolute Gasteiger partial charge is 0.241 e. The molecule has 1 amide bonds. The van der Waals surface area contributed by atoms with Gasteiger partial charge in [-0.25, -0.2) is 0 Å². The highest BCUT2D eigenvalue weighted by Crippen LogP contribution is 2.29. The molecule has 1 aromatic carbocycles. The Morgan fingerprint density at radius 1 is 1.59 bits per heavy atom. The monoisotopic (exact) mass is 270 g/mol. The van der Waals surface area contributed by atoms with Crippen LogP contribution < -0.4 is 11.1 Å². The summed E-state index contributed by atoms with van der Waals surface area (Å²) in [5, 5.41) is 3.13. The summed E-state index contributed by atoms with van der Waals surface area (Å²) in [5.74, 6) is -0.269. The molecule has 1 atom stereocenters. The summed E-state index contributed by atoms with van der Waals surface area (Å²) in [6.45, 7) is 1.84. The van der Waals surface area contributed by atoms with E-state index < -0.39 is 6.04 Å². The number of benzene rings is 1. The van der Waals surface area contributed by atoms with Gasteiger partial charge < -0.3 is 11.1 Å². The average molecular weight is 271 g/mol. The molecule has 1 heterocycles. The van der Waals surface area contributed by atoms with Crippen molar-refractivity contribution in [1.29, 1.82) is 0 Å². The predicted octanol–water partition coefficient (Wildman–Crippen LogP) is 2.02. The summed E-state index contributed by atoms with van der Waals surface area (Å²) >= 11 is 7.11. The molecule has 0 saturated carbocycles. The number of halogens is 1. The lowest BCUT2D eigenvalue weighted by atomic mass is 10.2. The van der Waals surface area contributed by atoms with Crippen LogP contribution in [0.15, 0.2) is 12.1 Å². The zero-order valence-electron chi connectivity index (χ0n) is 9.11. The molecule has 7 heteroatoms. The van der Waals surface area contributed by atoms with Crippen molar-refractivity contribution in [2.24, 2.45) is 5.73 Å². The van der Waals surface area contributed by atoms with Crippen LogP contribution in [0.3, 0.4) is 0 Å². The van der Waals surface area contributed by atoms with E-state index in [-0.39, 0.29) is 5.91 Å². The molecule has 0 bridgehead atoms. The summed E-state index contributed by atoms with van der Waals surface area (Å²) in [7, 11) is 0. The molecule has 0 unspecified atom stereocenters. The van der Waals surface area contributed by atoms with Crippen molar-refractivity contribution < 1.29 is 4.79 Å². The van der Waals surface area contributed by atoms with Gasteiger partial charge in [-0.15, -0.1) is 0 Å². The molecule has 0 radical (unpaired) electrons. The molecule has 2 aromatic rings. The third-order valence-corrected chi connectivity index (χ3v) is 3.26. The molecular formula is C10H11ClN4OS. The number of nitrogens with two attached hydrogens (primary N) is 1. The SMILES string of the molecule is CC[C@@H](N)C(=O)Nc1c(Cl)ccc2nsnc12. The van der Waals surface area contributed by atoms with Crippen LogP contribution in [-0.4, -0.2) is 20.7 Å². The van der Waals surface area contributed by atoms with E-state index in [0.717, 1.165) is 11.7 Å². The Hall–Kier alpha value is -1.24. The van der Waals surface area contributed by atoms with Crippen molar-refractivity contribution in [3.63, 3.8) is 0 Å². The molecule has 0 aliphatic heterocycles. The van der Waals surface area contributed by atoms with Crippen molar-refractivity contribution in [1.82, 2.24) is 8.75 Å². The Labute approximate surface area is 107 Å². The van der Waals surface area contributed by atoms with Gasteiger partial charge in [-0.05, 0) is 18.6 Å².